The van der Waals surface area contributed by atoms with Crippen LogP contribution in [0.15, 0.2) is 67.4 Å². The van der Waals surface area contributed by atoms with Gasteiger partial charge in [0.25, 0.3) is 0 Å². The summed E-state index contributed by atoms with van der Waals surface area (Å²) in [5.41, 5.74) is 7.72. The molecule has 0 fully saturated rings. The molecule has 0 amide bonds. The Balaban J connectivity index is 1.52. The van der Waals surface area contributed by atoms with Crippen molar-refractivity contribution in [2.45, 2.75) is 6.92 Å². The number of fused-ring (bicyclic) bond motifs is 2. The molecule has 0 saturated carbocycles. The minimum Gasteiger partial charge on any atom is -0.321 e. The first-order valence-corrected chi connectivity index (χ1v) is 9.79. The number of rotatable bonds is 3. The average molecular weight is 404 g/mol. The minimum absolute atomic E-state index is 0.624. The Hall–Kier alpha value is -4.46. The lowest BCUT2D eigenvalue weighted by molar-refractivity contribution is 1.09. The van der Waals surface area contributed by atoms with Crippen LogP contribution in [0.4, 0.5) is 0 Å². The number of hydrogen-bond acceptors (Lipinski definition) is 6. The zero-order chi connectivity index (χ0) is 20.8. The number of nitrogens with one attached hydrogen (secondary N) is 2. The van der Waals surface area contributed by atoms with Crippen LogP contribution in [0.5, 0.6) is 0 Å². The van der Waals surface area contributed by atoms with Gasteiger partial charge in [0.2, 0.25) is 0 Å². The molecule has 0 spiro atoms. The Bertz CT molecular complexity index is 1550. The first kappa shape index (κ1) is 17.4. The Morgan fingerprint density at radius 2 is 1.81 bits per heavy atom. The van der Waals surface area contributed by atoms with Crippen LogP contribution in [-0.4, -0.2) is 40.1 Å². The number of aromatic amines is 2. The summed E-state index contributed by atoms with van der Waals surface area (Å²) < 4.78 is 0. The predicted octanol–water partition coefficient (Wildman–Crippen LogP) is 4.33. The van der Waals surface area contributed by atoms with E-state index in [4.69, 9.17) is 4.98 Å². The van der Waals surface area contributed by atoms with Gasteiger partial charge in [-0.2, -0.15) is 5.10 Å². The van der Waals surface area contributed by atoms with Crippen LogP contribution in [0.1, 0.15) is 5.56 Å². The number of H-pyrrole nitrogens is 2. The van der Waals surface area contributed by atoms with Gasteiger partial charge in [-0.25, -0.2) is 15.0 Å². The molecule has 148 valence electrons. The standard InChI is InChI=1S/C23H16N8/c1-13-5-8-24-12-17(13)14-10-16-20(30-31-21(16)27-11-14)23-28-19-15(6-9-26-22(19)29-23)18-4-2-3-7-25-18/h2-12H,1H3,(H,26,28,29)(H,27,30,31). The Kier molecular flexibility index (Phi) is 3.82. The third-order valence-electron chi connectivity index (χ3n) is 5.32. The molecule has 8 heteroatoms. The van der Waals surface area contributed by atoms with E-state index < -0.39 is 0 Å². The maximum absolute atomic E-state index is 4.82. The molecular formula is C23H16N8. The van der Waals surface area contributed by atoms with Crippen LogP contribution in [0, 0.1) is 6.92 Å². The van der Waals surface area contributed by atoms with E-state index in [-0.39, 0.29) is 0 Å². The average Bonchev–Trinajstić information content (AvgIpc) is 3.43. The summed E-state index contributed by atoms with van der Waals surface area (Å²) in [6, 6.07) is 11.8. The molecule has 0 aromatic carbocycles. The van der Waals surface area contributed by atoms with Crippen molar-refractivity contribution in [1.29, 1.82) is 0 Å². The van der Waals surface area contributed by atoms with Gasteiger partial charge in [-0.1, -0.05) is 6.07 Å². The minimum atomic E-state index is 0.624. The van der Waals surface area contributed by atoms with E-state index in [1.165, 1.54) is 0 Å². The zero-order valence-electron chi connectivity index (χ0n) is 16.5. The van der Waals surface area contributed by atoms with Crippen molar-refractivity contribution in [3.05, 3.63) is 72.9 Å². The van der Waals surface area contributed by atoms with Gasteiger partial charge in [-0.15, -0.1) is 0 Å². The van der Waals surface area contributed by atoms with Crippen molar-refractivity contribution >= 4 is 22.2 Å². The zero-order valence-corrected chi connectivity index (χ0v) is 16.5. The van der Waals surface area contributed by atoms with Crippen molar-refractivity contribution in [2.75, 3.05) is 0 Å². The largest absolute Gasteiger partial charge is 0.321 e. The fourth-order valence-electron chi connectivity index (χ4n) is 3.75. The van der Waals surface area contributed by atoms with E-state index in [1.54, 1.807) is 18.6 Å². The maximum Gasteiger partial charge on any atom is 0.161 e. The number of nitrogens with zero attached hydrogens (tertiary/aromatic N) is 6. The highest BCUT2D eigenvalue weighted by Gasteiger charge is 2.17. The summed E-state index contributed by atoms with van der Waals surface area (Å²) in [6.45, 7) is 2.06. The maximum atomic E-state index is 4.82. The molecule has 0 bridgehead atoms. The molecule has 6 aromatic heterocycles. The number of imidazole rings is 1. The monoisotopic (exact) mass is 404 g/mol. The van der Waals surface area contributed by atoms with Gasteiger partial charge in [0.05, 0.1) is 11.1 Å². The van der Waals surface area contributed by atoms with Gasteiger partial charge in [0, 0.05) is 47.7 Å². The van der Waals surface area contributed by atoms with Crippen molar-refractivity contribution in [3.63, 3.8) is 0 Å². The lowest BCUT2D eigenvalue weighted by atomic mass is 10.0. The van der Waals surface area contributed by atoms with Crippen LogP contribution in [0.3, 0.4) is 0 Å². The summed E-state index contributed by atoms with van der Waals surface area (Å²) >= 11 is 0. The first-order valence-electron chi connectivity index (χ1n) is 9.79. The molecule has 6 rings (SSSR count). The molecule has 8 nitrogen and oxygen atoms in total. The number of aromatic nitrogens is 8. The van der Waals surface area contributed by atoms with Crippen LogP contribution >= 0.6 is 0 Å². The molecular weight excluding hydrogens is 388 g/mol. The predicted molar refractivity (Wildman–Crippen MR) is 118 cm³/mol. The van der Waals surface area contributed by atoms with Gasteiger partial charge >= 0.3 is 0 Å². The third kappa shape index (κ3) is 2.84. The molecule has 0 aliphatic heterocycles. The van der Waals surface area contributed by atoms with Gasteiger partial charge in [0.1, 0.15) is 11.2 Å². The SMILES string of the molecule is Cc1ccncc1-c1cnc2[nH]nc(-c3nc4c(-c5ccccn5)ccnc4[nH]3)c2c1. The van der Waals surface area contributed by atoms with Crippen molar-refractivity contribution in [1.82, 2.24) is 40.1 Å². The van der Waals surface area contributed by atoms with Gasteiger partial charge in [-0.05, 0) is 42.8 Å². The summed E-state index contributed by atoms with van der Waals surface area (Å²) in [5, 5.41) is 8.36. The molecule has 31 heavy (non-hydrogen) atoms. The summed E-state index contributed by atoms with van der Waals surface area (Å²) in [6.07, 6.45) is 8.98. The Labute approximate surface area is 176 Å². The van der Waals surface area contributed by atoms with Gasteiger partial charge < -0.3 is 4.98 Å². The number of hydrogen-bond donors (Lipinski definition) is 2. The van der Waals surface area contributed by atoms with Crippen LogP contribution < -0.4 is 0 Å². The van der Waals surface area contributed by atoms with E-state index in [2.05, 4.69) is 48.1 Å². The van der Waals surface area contributed by atoms with Crippen LogP contribution in [0.2, 0.25) is 0 Å². The Morgan fingerprint density at radius 1 is 0.839 bits per heavy atom. The van der Waals surface area contributed by atoms with E-state index in [0.717, 1.165) is 38.9 Å². The number of pyridine rings is 4. The molecule has 0 atom stereocenters. The lowest BCUT2D eigenvalue weighted by Gasteiger charge is -2.04. The second-order valence-electron chi connectivity index (χ2n) is 7.24. The van der Waals surface area contributed by atoms with E-state index in [1.807, 2.05) is 42.7 Å². The fourth-order valence-corrected chi connectivity index (χ4v) is 3.75. The highest BCUT2D eigenvalue weighted by Crippen LogP contribution is 2.31. The summed E-state index contributed by atoms with van der Waals surface area (Å²) in [4.78, 5) is 25.8. The van der Waals surface area contributed by atoms with Crippen LogP contribution in [0.25, 0.3) is 56.1 Å². The van der Waals surface area contributed by atoms with Gasteiger partial charge in [-0.3, -0.25) is 15.1 Å². The molecule has 0 aliphatic rings. The molecule has 6 heterocycles. The Morgan fingerprint density at radius 3 is 2.68 bits per heavy atom. The van der Waals surface area contributed by atoms with E-state index in [9.17, 15) is 0 Å². The van der Waals surface area contributed by atoms with Crippen molar-refractivity contribution in [3.8, 4) is 33.9 Å². The second-order valence-corrected chi connectivity index (χ2v) is 7.24. The smallest absolute Gasteiger partial charge is 0.161 e. The van der Waals surface area contributed by atoms with Gasteiger partial charge in [0.15, 0.2) is 17.1 Å². The van der Waals surface area contributed by atoms with E-state index >= 15 is 0 Å². The molecule has 0 aliphatic carbocycles. The lowest BCUT2D eigenvalue weighted by Crippen LogP contribution is -1.87. The highest BCUT2D eigenvalue weighted by atomic mass is 15.2. The third-order valence-corrected chi connectivity index (χ3v) is 5.32. The molecule has 0 radical (unpaired) electrons. The highest BCUT2D eigenvalue weighted by molar-refractivity contribution is 5.95. The number of aryl methyl sites for hydroxylation is 1. The molecule has 6 aromatic rings. The van der Waals surface area contributed by atoms with E-state index in [0.29, 0.717) is 22.8 Å². The first-order chi connectivity index (χ1) is 15.3. The normalized spacial score (nSPS) is 11.4. The molecule has 2 N–H and O–H groups in total. The van der Waals surface area contributed by atoms with Crippen molar-refractivity contribution < 1.29 is 0 Å². The summed E-state index contributed by atoms with van der Waals surface area (Å²) in [7, 11) is 0. The quantitative estimate of drug-likeness (QED) is 0.454. The molecule has 0 saturated heterocycles. The second kappa shape index (κ2) is 6.81. The fraction of sp³-hybridized carbons (Fsp3) is 0.0435. The van der Waals surface area contributed by atoms with Crippen molar-refractivity contribution in [2.24, 2.45) is 0 Å². The summed E-state index contributed by atoms with van der Waals surface area (Å²) in [5.74, 6) is 0.624. The topological polar surface area (TPSA) is 109 Å². The van der Waals surface area contributed by atoms with Crippen LogP contribution in [-0.2, 0) is 0 Å². The molecule has 0 unspecified atom stereocenters.